The maximum absolute atomic E-state index is 12.1. The van der Waals surface area contributed by atoms with Gasteiger partial charge in [-0.05, 0) is 29.8 Å². The fraction of sp³-hybridized carbons (Fsp3) is 0.294. The van der Waals surface area contributed by atoms with E-state index < -0.39 is 6.36 Å². The van der Waals surface area contributed by atoms with Gasteiger partial charge in [-0.2, -0.15) is 0 Å². The number of hydrogen-bond acceptors (Lipinski definition) is 1. The van der Waals surface area contributed by atoms with Crippen LogP contribution in [0.2, 0.25) is 0 Å². The number of ether oxygens (including phenoxy) is 1. The van der Waals surface area contributed by atoms with Crippen LogP contribution in [0.25, 0.3) is 0 Å². The minimum Gasteiger partial charge on any atom is -0.406 e. The van der Waals surface area contributed by atoms with Crippen molar-refractivity contribution in [3.05, 3.63) is 65.2 Å². The monoisotopic (exact) mass is 308 g/mol. The Hall–Kier alpha value is -2.01. The van der Waals surface area contributed by atoms with Crippen LogP contribution >= 0.6 is 0 Å². The summed E-state index contributed by atoms with van der Waals surface area (Å²) in [6, 6.07) is 14.6. The molecule has 0 fully saturated rings. The van der Waals surface area contributed by atoms with Crippen LogP contribution in [0, 0.1) is 0 Å². The first-order valence-electron chi connectivity index (χ1n) is 7.25. The van der Waals surface area contributed by atoms with Gasteiger partial charge >= 0.3 is 6.36 Å². The maximum Gasteiger partial charge on any atom is 0.573 e. The molecule has 1 N–H and O–H groups in total. The molecule has 0 saturated carbocycles. The smallest absolute Gasteiger partial charge is 0.406 e. The number of alkyl halides is 3. The third-order valence-electron chi connectivity index (χ3n) is 3.92. The van der Waals surface area contributed by atoms with Crippen LogP contribution in [0.3, 0.4) is 0 Å². The van der Waals surface area contributed by atoms with E-state index in [4.69, 9.17) is 0 Å². The number of quaternary nitrogens is 1. The number of benzene rings is 2. The van der Waals surface area contributed by atoms with Crippen molar-refractivity contribution in [1.29, 1.82) is 0 Å². The van der Waals surface area contributed by atoms with Gasteiger partial charge < -0.3 is 9.64 Å². The minimum absolute atomic E-state index is 0.171. The van der Waals surface area contributed by atoms with E-state index in [0.29, 0.717) is 0 Å². The van der Waals surface area contributed by atoms with Crippen molar-refractivity contribution < 1.29 is 22.8 Å². The number of nitrogens with one attached hydrogen (secondary N) is 1. The molecule has 0 saturated heterocycles. The van der Waals surface area contributed by atoms with Gasteiger partial charge in [0.1, 0.15) is 18.8 Å². The first-order valence-corrected chi connectivity index (χ1v) is 7.25. The summed E-state index contributed by atoms with van der Waals surface area (Å²) in [5.41, 5.74) is 3.78. The third-order valence-corrected chi connectivity index (χ3v) is 3.92. The number of halogens is 3. The molecule has 1 atom stereocenters. The minimum atomic E-state index is -4.64. The molecule has 0 spiro atoms. The van der Waals surface area contributed by atoms with E-state index in [1.165, 1.54) is 28.2 Å². The second-order valence-corrected chi connectivity index (χ2v) is 5.56. The van der Waals surface area contributed by atoms with E-state index in [2.05, 4.69) is 22.9 Å². The molecule has 2 aromatic carbocycles. The fourth-order valence-corrected chi connectivity index (χ4v) is 2.89. The van der Waals surface area contributed by atoms with Crippen LogP contribution in [0.1, 0.15) is 16.7 Å². The Bertz CT molecular complexity index is 637. The molecule has 2 aromatic rings. The zero-order valence-corrected chi connectivity index (χ0v) is 12.0. The van der Waals surface area contributed by atoms with Gasteiger partial charge in [0.25, 0.3) is 0 Å². The number of fused-ring (bicyclic) bond motifs is 1. The lowest BCUT2D eigenvalue weighted by Crippen LogP contribution is -3.10. The van der Waals surface area contributed by atoms with Crippen molar-refractivity contribution in [2.75, 3.05) is 6.54 Å². The van der Waals surface area contributed by atoms with Crippen LogP contribution in [0.5, 0.6) is 5.75 Å². The fourth-order valence-electron chi connectivity index (χ4n) is 2.89. The molecule has 0 amide bonds. The van der Waals surface area contributed by atoms with Crippen LogP contribution in [-0.4, -0.2) is 12.9 Å². The third kappa shape index (κ3) is 3.80. The van der Waals surface area contributed by atoms with Gasteiger partial charge in [-0.25, -0.2) is 0 Å². The van der Waals surface area contributed by atoms with Crippen LogP contribution in [0.4, 0.5) is 13.2 Å². The SMILES string of the molecule is FC(F)(F)Oc1ccc(C[NH+]2CCc3ccccc3C2)cc1. The molecule has 1 aliphatic heterocycles. The van der Waals surface area contributed by atoms with Crippen LogP contribution < -0.4 is 9.64 Å². The van der Waals surface area contributed by atoms with Crippen molar-refractivity contribution in [3.63, 3.8) is 0 Å². The lowest BCUT2D eigenvalue weighted by molar-refractivity contribution is -0.929. The van der Waals surface area contributed by atoms with Crippen molar-refractivity contribution in [2.45, 2.75) is 25.9 Å². The van der Waals surface area contributed by atoms with Gasteiger partial charge in [0, 0.05) is 17.5 Å². The summed E-state index contributed by atoms with van der Waals surface area (Å²) < 4.78 is 40.3. The Labute approximate surface area is 127 Å². The first-order chi connectivity index (χ1) is 10.5. The van der Waals surface area contributed by atoms with Gasteiger partial charge in [0.2, 0.25) is 0 Å². The van der Waals surface area contributed by atoms with Gasteiger partial charge in [-0.1, -0.05) is 24.3 Å². The average Bonchev–Trinajstić information content (AvgIpc) is 2.48. The maximum atomic E-state index is 12.1. The van der Waals surface area contributed by atoms with Crippen LogP contribution in [0.15, 0.2) is 48.5 Å². The molecular formula is C17H17F3NO+. The van der Waals surface area contributed by atoms with Gasteiger partial charge in [-0.15, -0.1) is 13.2 Å². The predicted molar refractivity (Wildman–Crippen MR) is 76.5 cm³/mol. The van der Waals surface area contributed by atoms with Crippen molar-refractivity contribution in [3.8, 4) is 5.75 Å². The standard InChI is InChI=1S/C17H16F3NO/c18-17(19,20)22-16-7-5-13(6-8-16)11-21-10-9-14-3-1-2-4-15(14)12-21/h1-8H,9-12H2/p+1. The largest absolute Gasteiger partial charge is 0.573 e. The van der Waals surface area contributed by atoms with Gasteiger partial charge in [0.05, 0.1) is 6.54 Å². The molecule has 22 heavy (non-hydrogen) atoms. The highest BCUT2D eigenvalue weighted by Crippen LogP contribution is 2.22. The molecule has 0 bridgehead atoms. The van der Waals surface area contributed by atoms with Gasteiger partial charge in [0.15, 0.2) is 0 Å². The van der Waals surface area contributed by atoms with E-state index in [9.17, 15) is 13.2 Å². The number of hydrogen-bond donors (Lipinski definition) is 1. The molecule has 3 rings (SSSR count). The molecule has 2 nitrogen and oxygen atoms in total. The molecular weight excluding hydrogens is 291 g/mol. The Morgan fingerprint density at radius 2 is 1.64 bits per heavy atom. The highest BCUT2D eigenvalue weighted by Gasteiger charge is 2.31. The second-order valence-electron chi connectivity index (χ2n) is 5.56. The molecule has 1 aliphatic rings. The molecule has 1 unspecified atom stereocenters. The van der Waals surface area contributed by atoms with Crippen molar-refractivity contribution in [2.24, 2.45) is 0 Å². The summed E-state index contributed by atoms with van der Waals surface area (Å²) >= 11 is 0. The predicted octanol–water partition coefficient (Wildman–Crippen LogP) is 2.73. The van der Waals surface area contributed by atoms with E-state index in [1.807, 2.05) is 6.07 Å². The summed E-state index contributed by atoms with van der Waals surface area (Å²) in [5.74, 6) is -0.171. The Balaban J connectivity index is 1.62. The zero-order valence-electron chi connectivity index (χ0n) is 12.0. The molecule has 5 heteroatoms. The molecule has 0 radical (unpaired) electrons. The lowest BCUT2D eigenvalue weighted by Gasteiger charge is -2.26. The molecule has 1 heterocycles. The highest BCUT2D eigenvalue weighted by atomic mass is 19.4. The van der Waals surface area contributed by atoms with Crippen molar-refractivity contribution >= 4 is 0 Å². The summed E-state index contributed by atoms with van der Waals surface area (Å²) in [7, 11) is 0. The van der Waals surface area contributed by atoms with E-state index >= 15 is 0 Å². The zero-order chi connectivity index (χ0) is 15.6. The van der Waals surface area contributed by atoms with E-state index in [-0.39, 0.29) is 5.75 Å². The number of rotatable bonds is 3. The summed E-state index contributed by atoms with van der Waals surface area (Å²) in [4.78, 5) is 1.42. The van der Waals surface area contributed by atoms with Crippen molar-refractivity contribution in [1.82, 2.24) is 0 Å². The topological polar surface area (TPSA) is 13.7 Å². The molecule has 0 aromatic heterocycles. The Kier molecular flexibility index (Phi) is 4.07. The summed E-state index contributed by atoms with van der Waals surface area (Å²) in [6.45, 7) is 2.80. The first kappa shape index (κ1) is 14.9. The molecule has 116 valence electrons. The van der Waals surface area contributed by atoms with Gasteiger partial charge in [-0.3, -0.25) is 0 Å². The highest BCUT2D eigenvalue weighted by molar-refractivity contribution is 5.28. The van der Waals surface area contributed by atoms with E-state index in [1.54, 1.807) is 12.1 Å². The average molecular weight is 308 g/mol. The quantitative estimate of drug-likeness (QED) is 0.920. The Morgan fingerprint density at radius 1 is 0.955 bits per heavy atom. The second kappa shape index (κ2) is 6.01. The summed E-state index contributed by atoms with van der Waals surface area (Å²) in [5, 5.41) is 0. The Morgan fingerprint density at radius 3 is 2.32 bits per heavy atom. The lowest BCUT2D eigenvalue weighted by atomic mass is 9.99. The van der Waals surface area contributed by atoms with E-state index in [0.717, 1.165) is 31.6 Å². The molecule has 0 aliphatic carbocycles. The normalized spacial score (nSPS) is 17.9. The van der Waals surface area contributed by atoms with Crippen LogP contribution in [-0.2, 0) is 19.5 Å². The summed E-state index contributed by atoms with van der Waals surface area (Å²) in [6.07, 6.45) is -3.59.